The molecule has 3 rings (SSSR count). The first-order valence-corrected chi connectivity index (χ1v) is 8.57. The smallest absolute Gasteiger partial charge is 0.254 e. The Balaban J connectivity index is 1.93. The number of aliphatic hydroxyl groups excluding tert-OH is 1. The maximum absolute atomic E-state index is 12.8. The van der Waals surface area contributed by atoms with E-state index in [4.69, 9.17) is 0 Å². The van der Waals surface area contributed by atoms with Crippen molar-refractivity contribution in [3.63, 3.8) is 0 Å². The molecule has 0 saturated carbocycles. The van der Waals surface area contributed by atoms with Crippen LogP contribution in [-0.4, -0.2) is 51.7 Å². The fourth-order valence-corrected chi connectivity index (χ4v) is 4.00. The number of phenolic OH excluding ortho intramolecular Hbond substituents is 1. The average Bonchev–Trinajstić information content (AvgIpc) is 2.55. The Morgan fingerprint density at radius 1 is 1.32 bits per heavy atom. The van der Waals surface area contributed by atoms with E-state index < -0.39 is 0 Å². The van der Waals surface area contributed by atoms with Gasteiger partial charge in [0.1, 0.15) is 5.75 Å². The standard InChI is InChI=1S/C17H19NO3S/c19-7-5-14-11-22-8-6-18(14)17(21)13-9-12-3-1-2-4-15(12)16(20)10-13/h1-4,9-10,14,19-20H,5-8,11H2. The van der Waals surface area contributed by atoms with Crippen molar-refractivity contribution in [3.05, 3.63) is 42.0 Å². The average molecular weight is 317 g/mol. The summed E-state index contributed by atoms with van der Waals surface area (Å²) >= 11 is 1.81. The lowest BCUT2D eigenvalue weighted by molar-refractivity contribution is 0.0678. The van der Waals surface area contributed by atoms with Crippen LogP contribution in [0.4, 0.5) is 0 Å². The second-order valence-corrected chi connectivity index (χ2v) is 6.61. The molecule has 2 aromatic rings. The number of rotatable bonds is 3. The maximum atomic E-state index is 12.8. The zero-order chi connectivity index (χ0) is 15.5. The lowest BCUT2D eigenvalue weighted by atomic mass is 10.0. The van der Waals surface area contributed by atoms with Gasteiger partial charge in [0, 0.05) is 41.6 Å². The normalized spacial score (nSPS) is 18.6. The van der Waals surface area contributed by atoms with Crippen LogP contribution in [-0.2, 0) is 0 Å². The zero-order valence-electron chi connectivity index (χ0n) is 12.2. The molecule has 5 heteroatoms. The number of aliphatic hydroxyl groups is 1. The van der Waals surface area contributed by atoms with Gasteiger partial charge >= 0.3 is 0 Å². The minimum absolute atomic E-state index is 0.0601. The third-order valence-electron chi connectivity index (χ3n) is 4.04. The molecule has 2 aromatic carbocycles. The third-order valence-corrected chi connectivity index (χ3v) is 5.13. The molecule has 116 valence electrons. The van der Waals surface area contributed by atoms with E-state index >= 15 is 0 Å². The highest BCUT2D eigenvalue weighted by Gasteiger charge is 2.27. The first-order valence-electron chi connectivity index (χ1n) is 7.42. The van der Waals surface area contributed by atoms with E-state index in [-0.39, 0.29) is 24.3 Å². The van der Waals surface area contributed by atoms with Crippen LogP contribution in [0.2, 0.25) is 0 Å². The molecule has 1 unspecified atom stereocenters. The fraction of sp³-hybridized carbons (Fsp3) is 0.353. The minimum Gasteiger partial charge on any atom is -0.507 e. The quantitative estimate of drug-likeness (QED) is 0.913. The lowest BCUT2D eigenvalue weighted by Gasteiger charge is -2.35. The number of phenols is 1. The summed E-state index contributed by atoms with van der Waals surface area (Å²) in [5, 5.41) is 20.9. The predicted octanol–water partition coefficient (Wildman–Crippen LogP) is 2.49. The topological polar surface area (TPSA) is 60.8 Å². The highest BCUT2D eigenvalue weighted by atomic mass is 32.2. The molecule has 0 spiro atoms. The summed E-state index contributed by atoms with van der Waals surface area (Å²) in [6, 6.07) is 10.9. The van der Waals surface area contributed by atoms with Crippen molar-refractivity contribution in [1.29, 1.82) is 0 Å². The number of hydrogen-bond acceptors (Lipinski definition) is 4. The molecule has 2 N–H and O–H groups in total. The molecule has 1 aliphatic rings. The largest absolute Gasteiger partial charge is 0.507 e. The summed E-state index contributed by atoms with van der Waals surface area (Å²) in [5.41, 5.74) is 0.506. The molecule has 1 fully saturated rings. The van der Waals surface area contributed by atoms with Crippen molar-refractivity contribution in [3.8, 4) is 5.75 Å². The molecule has 4 nitrogen and oxygen atoms in total. The van der Waals surface area contributed by atoms with Crippen LogP contribution in [0.25, 0.3) is 10.8 Å². The number of nitrogens with zero attached hydrogens (tertiary/aromatic N) is 1. The number of carbonyl (C=O) groups is 1. The Morgan fingerprint density at radius 2 is 2.14 bits per heavy atom. The molecule has 0 aliphatic carbocycles. The van der Waals surface area contributed by atoms with E-state index in [0.717, 1.165) is 22.3 Å². The number of hydrogen-bond donors (Lipinski definition) is 2. The molecule has 1 atom stereocenters. The summed E-state index contributed by atoms with van der Waals surface area (Å²) in [7, 11) is 0. The van der Waals surface area contributed by atoms with Gasteiger partial charge in [0.05, 0.1) is 0 Å². The summed E-state index contributed by atoms with van der Waals surface area (Å²) in [6.45, 7) is 0.764. The van der Waals surface area contributed by atoms with E-state index in [1.807, 2.05) is 47.0 Å². The Morgan fingerprint density at radius 3 is 2.95 bits per heavy atom. The van der Waals surface area contributed by atoms with Crippen molar-refractivity contribution in [2.24, 2.45) is 0 Å². The van der Waals surface area contributed by atoms with Gasteiger partial charge in [-0.15, -0.1) is 0 Å². The Kier molecular flexibility index (Phi) is 4.55. The van der Waals surface area contributed by atoms with E-state index in [1.165, 1.54) is 0 Å². The molecule has 1 heterocycles. The number of benzene rings is 2. The number of carbonyl (C=O) groups excluding carboxylic acids is 1. The van der Waals surface area contributed by atoms with Gasteiger partial charge in [-0.2, -0.15) is 11.8 Å². The number of aromatic hydroxyl groups is 1. The van der Waals surface area contributed by atoms with Crippen LogP contribution < -0.4 is 0 Å². The van der Waals surface area contributed by atoms with Gasteiger partial charge < -0.3 is 15.1 Å². The van der Waals surface area contributed by atoms with Crippen molar-refractivity contribution < 1.29 is 15.0 Å². The molecule has 0 bridgehead atoms. The lowest BCUT2D eigenvalue weighted by Crippen LogP contribution is -2.46. The van der Waals surface area contributed by atoms with Crippen LogP contribution in [0.1, 0.15) is 16.8 Å². The van der Waals surface area contributed by atoms with Gasteiger partial charge in [-0.1, -0.05) is 24.3 Å². The second kappa shape index (κ2) is 6.58. The molecule has 0 radical (unpaired) electrons. The van der Waals surface area contributed by atoms with E-state index in [2.05, 4.69) is 0 Å². The van der Waals surface area contributed by atoms with Gasteiger partial charge in [0.15, 0.2) is 0 Å². The van der Waals surface area contributed by atoms with E-state index in [1.54, 1.807) is 6.07 Å². The van der Waals surface area contributed by atoms with Gasteiger partial charge in [0.25, 0.3) is 5.91 Å². The van der Waals surface area contributed by atoms with Crippen molar-refractivity contribution in [1.82, 2.24) is 4.90 Å². The van der Waals surface area contributed by atoms with Crippen molar-refractivity contribution >= 4 is 28.4 Å². The highest BCUT2D eigenvalue weighted by Crippen LogP contribution is 2.28. The first kappa shape index (κ1) is 15.2. The molecule has 1 amide bonds. The zero-order valence-corrected chi connectivity index (χ0v) is 13.1. The summed E-state index contributed by atoms with van der Waals surface area (Å²) in [6.07, 6.45) is 0.596. The van der Waals surface area contributed by atoms with Gasteiger partial charge in [-0.25, -0.2) is 0 Å². The number of amides is 1. The molecule has 1 aliphatic heterocycles. The van der Waals surface area contributed by atoms with Crippen LogP contribution in [0.15, 0.2) is 36.4 Å². The fourth-order valence-electron chi connectivity index (χ4n) is 2.89. The summed E-state index contributed by atoms with van der Waals surface area (Å²) < 4.78 is 0. The third kappa shape index (κ3) is 2.91. The second-order valence-electron chi connectivity index (χ2n) is 5.46. The molecule has 1 saturated heterocycles. The Hall–Kier alpha value is -1.72. The van der Waals surface area contributed by atoms with Crippen molar-refractivity contribution in [2.45, 2.75) is 12.5 Å². The van der Waals surface area contributed by atoms with Gasteiger partial charge in [-0.05, 0) is 23.9 Å². The number of fused-ring (bicyclic) bond motifs is 1. The summed E-state index contributed by atoms with van der Waals surface area (Å²) in [4.78, 5) is 14.6. The monoisotopic (exact) mass is 317 g/mol. The SMILES string of the molecule is O=C(c1cc(O)c2ccccc2c1)N1CCSCC1CCO. The first-order chi connectivity index (χ1) is 10.7. The number of thioether (sulfide) groups is 1. The van der Waals surface area contributed by atoms with Gasteiger partial charge in [-0.3, -0.25) is 4.79 Å². The van der Waals surface area contributed by atoms with Crippen LogP contribution in [0.3, 0.4) is 0 Å². The maximum Gasteiger partial charge on any atom is 0.254 e. The van der Waals surface area contributed by atoms with Gasteiger partial charge in [0.2, 0.25) is 0 Å². The minimum atomic E-state index is -0.0696. The van der Waals surface area contributed by atoms with Crippen LogP contribution in [0.5, 0.6) is 5.75 Å². The molecular formula is C17H19NO3S. The van der Waals surface area contributed by atoms with Crippen molar-refractivity contribution in [2.75, 3.05) is 24.7 Å². The van der Waals surface area contributed by atoms with Crippen LogP contribution >= 0.6 is 11.8 Å². The summed E-state index contributed by atoms with van der Waals surface area (Å²) in [5.74, 6) is 1.82. The predicted molar refractivity (Wildman–Crippen MR) is 89.5 cm³/mol. The Labute approximate surface area is 133 Å². The van der Waals surface area contributed by atoms with E-state index in [9.17, 15) is 15.0 Å². The molecule has 0 aromatic heterocycles. The Bertz CT molecular complexity index is 687. The van der Waals surface area contributed by atoms with Crippen LogP contribution in [0, 0.1) is 0 Å². The van der Waals surface area contributed by atoms with E-state index in [0.29, 0.717) is 18.5 Å². The highest BCUT2D eigenvalue weighted by molar-refractivity contribution is 7.99. The molecule has 22 heavy (non-hydrogen) atoms. The molecular weight excluding hydrogens is 298 g/mol.